The van der Waals surface area contributed by atoms with Crippen LogP contribution in [0.5, 0.6) is 0 Å². The van der Waals surface area contributed by atoms with Crippen molar-refractivity contribution in [1.82, 2.24) is 13.9 Å². The van der Waals surface area contributed by atoms with Gasteiger partial charge < -0.3 is 5.73 Å². The Kier molecular flexibility index (Phi) is 8.64. The number of nitrogens with zero attached hydrogens (tertiary/aromatic N) is 3. The number of benzene rings is 2. The Hall–Kier alpha value is -2.81. The van der Waals surface area contributed by atoms with Gasteiger partial charge in [0.1, 0.15) is 5.82 Å². The van der Waals surface area contributed by atoms with Crippen LogP contribution in [0.1, 0.15) is 54.5 Å². The first-order chi connectivity index (χ1) is 16.6. The summed E-state index contributed by atoms with van der Waals surface area (Å²) in [4.78, 5) is 18.5. The minimum atomic E-state index is -3.89. The largest absolute Gasteiger partial charge is 0.330 e. The van der Waals surface area contributed by atoms with Crippen LogP contribution in [0.15, 0.2) is 64.3 Å². The van der Waals surface area contributed by atoms with Crippen molar-refractivity contribution in [3.8, 4) is 0 Å². The smallest absolute Gasteiger partial charge is 0.257 e. The molecule has 35 heavy (non-hydrogen) atoms. The van der Waals surface area contributed by atoms with Crippen LogP contribution in [-0.2, 0) is 16.6 Å². The van der Waals surface area contributed by atoms with Crippen LogP contribution in [0.3, 0.4) is 0 Å². The van der Waals surface area contributed by atoms with E-state index in [0.717, 1.165) is 11.1 Å². The highest BCUT2D eigenvalue weighted by Crippen LogP contribution is 2.33. The third-order valence-electron chi connectivity index (χ3n) is 6.27. The number of sulfonamides is 1. The molecular formula is C27H36N4O3S. The van der Waals surface area contributed by atoms with Gasteiger partial charge in [0.2, 0.25) is 10.0 Å². The molecule has 1 atom stereocenters. The predicted octanol–water partition coefficient (Wildman–Crippen LogP) is 3.95. The molecule has 0 bridgehead atoms. The van der Waals surface area contributed by atoms with Crippen LogP contribution in [0, 0.1) is 26.7 Å². The molecule has 0 saturated heterocycles. The summed E-state index contributed by atoms with van der Waals surface area (Å²) in [6, 6.07) is 15.8. The Morgan fingerprint density at radius 3 is 2.20 bits per heavy atom. The molecule has 0 radical (unpaired) electrons. The first-order valence-electron chi connectivity index (χ1n) is 12.0. The fraction of sp³-hybridized carbons (Fsp3) is 0.407. The van der Waals surface area contributed by atoms with Crippen LogP contribution >= 0.6 is 0 Å². The predicted molar refractivity (Wildman–Crippen MR) is 140 cm³/mol. The van der Waals surface area contributed by atoms with Gasteiger partial charge in [0.15, 0.2) is 0 Å². The standard InChI is InChI=1S/C27H36N4O3S/c1-19(2)25(31(17-9-16-28)35(33,34)24-14-12-20(3)13-15-24)26-29-22(5)21(4)27(32)30(26)18-23-10-7-6-8-11-23/h6-8,10-15,19,25H,9,16-18,28H2,1-5H3. The van der Waals surface area contributed by atoms with Gasteiger partial charge in [0.05, 0.1) is 17.5 Å². The lowest BCUT2D eigenvalue weighted by Gasteiger charge is -2.34. The lowest BCUT2D eigenvalue weighted by Crippen LogP contribution is -2.42. The van der Waals surface area contributed by atoms with E-state index < -0.39 is 16.1 Å². The van der Waals surface area contributed by atoms with Crippen molar-refractivity contribution < 1.29 is 8.42 Å². The molecule has 0 amide bonds. The van der Waals surface area contributed by atoms with Gasteiger partial charge in [0.25, 0.3) is 5.56 Å². The quantitative estimate of drug-likeness (QED) is 0.458. The molecule has 2 aromatic carbocycles. The van der Waals surface area contributed by atoms with Crippen LogP contribution in [-0.4, -0.2) is 35.4 Å². The third-order valence-corrected chi connectivity index (χ3v) is 8.16. The molecule has 0 aliphatic heterocycles. The van der Waals surface area contributed by atoms with E-state index in [4.69, 9.17) is 10.7 Å². The zero-order valence-electron chi connectivity index (χ0n) is 21.2. The lowest BCUT2D eigenvalue weighted by molar-refractivity contribution is 0.241. The van der Waals surface area contributed by atoms with E-state index in [9.17, 15) is 13.2 Å². The summed E-state index contributed by atoms with van der Waals surface area (Å²) >= 11 is 0. The molecule has 188 valence electrons. The normalized spacial score (nSPS) is 12.9. The zero-order valence-corrected chi connectivity index (χ0v) is 22.0. The molecule has 8 heteroatoms. The molecule has 3 rings (SSSR count). The Labute approximate surface area is 208 Å². The van der Waals surface area contributed by atoms with Crippen molar-refractivity contribution in [3.63, 3.8) is 0 Å². The van der Waals surface area contributed by atoms with Gasteiger partial charge in [-0.3, -0.25) is 9.36 Å². The van der Waals surface area contributed by atoms with E-state index in [1.54, 1.807) is 42.7 Å². The average Bonchev–Trinajstić information content (AvgIpc) is 2.83. The van der Waals surface area contributed by atoms with E-state index in [1.165, 1.54) is 4.31 Å². The number of rotatable bonds is 10. The Morgan fingerprint density at radius 2 is 1.63 bits per heavy atom. The lowest BCUT2D eigenvalue weighted by atomic mass is 10.0. The Balaban J connectivity index is 2.24. The summed E-state index contributed by atoms with van der Waals surface area (Å²) in [6.07, 6.45) is 0.488. The van der Waals surface area contributed by atoms with Crippen LogP contribution < -0.4 is 11.3 Å². The molecule has 7 nitrogen and oxygen atoms in total. The SMILES string of the molecule is Cc1ccc(S(=O)(=O)N(CCCN)C(c2nc(C)c(C)c(=O)n2Cc2ccccc2)C(C)C)cc1. The number of aromatic nitrogens is 2. The van der Waals surface area contributed by atoms with Crippen molar-refractivity contribution >= 4 is 10.0 Å². The second-order valence-electron chi connectivity index (χ2n) is 9.32. The van der Waals surface area contributed by atoms with Gasteiger partial charge >= 0.3 is 0 Å². The van der Waals surface area contributed by atoms with Crippen molar-refractivity contribution in [1.29, 1.82) is 0 Å². The fourth-order valence-corrected chi connectivity index (χ4v) is 5.94. The molecule has 2 N–H and O–H groups in total. The maximum Gasteiger partial charge on any atom is 0.257 e. The van der Waals surface area contributed by atoms with Gasteiger partial charge in [-0.05, 0) is 57.4 Å². The van der Waals surface area contributed by atoms with E-state index in [0.29, 0.717) is 36.6 Å². The molecule has 0 spiro atoms. The molecule has 1 unspecified atom stereocenters. The summed E-state index contributed by atoms with van der Waals surface area (Å²) in [5.41, 5.74) is 8.72. The molecular weight excluding hydrogens is 460 g/mol. The second kappa shape index (κ2) is 11.3. The monoisotopic (exact) mass is 496 g/mol. The minimum Gasteiger partial charge on any atom is -0.330 e. The molecule has 0 aliphatic rings. The first kappa shape index (κ1) is 26.8. The number of aryl methyl sites for hydroxylation is 2. The van der Waals surface area contributed by atoms with Crippen molar-refractivity contribution in [2.45, 2.75) is 58.5 Å². The topological polar surface area (TPSA) is 98.3 Å². The molecule has 1 aromatic heterocycles. The second-order valence-corrected chi connectivity index (χ2v) is 11.2. The maximum atomic E-state index is 13.9. The van der Waals surface area contributed by atoms with Crippen LogP contribution in [0.4, 0.5) is 0 Å². The van der Waals surface area contributed by atoms with Crippen molar-refractivity contribution in [2.24, 2.45) is 11.7 Å². The van der Waals surface area contributed by atoms with Gasteiger partial charge in [-0.25, -0.2) is 13.4 Å². The summed E-state index contributed by atoms with van der Waals surface area (Å²) in [5, 5.41) is 0. The van der Waals surface area contributed by atoms with Gasteiger partial charge in [-0.2, -0.15) is 4.31 Å². The Bertz CT molecular complexity index is 1300. The molecule has 1 heterocycles. The molecule has 3 aromatic rings. The molecule has 0 fully saturated rings. The van der Waals surface area contributed by atoms with E-state index >= 15 is 0 Å². The van der Waals surface area contributed by atoms with E-state index in [-0.39, 0.29) is 22.9 Å². The number of nitrogens with two attached hydrogens (primary N) is 1. The van der Waals surface area contributed by atoms with Crippen LogP contribution in [0.2, 0.25) is 0 Å². The molecule has 0 saturated carbocycles. The zero-order chi connectivity index (χ0) is 25.8. The maximum absolute atomic E-state index is 13.9. The van der Waals surface area contributed by atoms with E-state index in [1.807, 2.05) is 51.1 Å². The highest BCUT2D eigenvalue weighted by molar-refractivity contribution is 7.89. The van der Waals surface area contributed by atoms with Crippen LogP contribution in [0.25, 0.3) is 0 Å². The minimum absolute atomic E-state index is 0.149. The third kappa shape index (κ3) is 5.89. The summed E-state index contributed by atoms with van der Waals surface area (Å²) in [7, 11) is -3.89. The number of hydrogen-bond acceptors (Lipinski definition) is 5. The van der Waals surface area contributed by atoms with E-state index in [2.05, 4.69) is 0 Å². The highest BCUT2D eigenvalue weighted by Gasteiger charge is 2.37. The summed E-state index contributed by atoms with van der Waals surface area (Å²) < 4.78 is 31.0. The fourth-order valence-electron chi connectivity index (χ4n) is 4.18. The van der Waals surface area contributed by atoms with Crippen molar-refractivity contribution in [3.05, 3.63) is 93.2 Å². The Morgan fingerprint density at radius 1 is 1.00 bits per heavy atom. The first-order valence-corrected chi connectivity index (χ1v) is 13.4. The highest BCUT2D eigenvalue weighted by atomic mass is 32.2. The van der Waals surface area contributed by atoms with Gasteiger partial charge in [-0.1, -0.05) is 61.9 Å². The average molecular weight is 497 g/mol. The van der Waals surface area contributed by atoms with Gasteiger partial charge in [-0.15, -0.1) is 0 Å². The summed E-state index contributed by atoms with van der Waals surface area (Å²) in [5.74, 6) is 0.300. The van der Waals surface area contributed by atoms with Gasteiger partial charge in [0, 0.05) is 17.8 Å². The summed E-state index contributed by atoms with van der Waals surface area (Å²) in [6.45, 7) is 10.3. The molecule has 0 aliphatic carbocycles. The van der Waals surface area contributed by atoms with Crippen molar-refractivity contribution in [2.75, 3.05) is 13.1 Å². The number of hydrogen-bond donors (Lipinski definition) is 1.